The van der Waals surface area contributed by atoms with E-state index < -0.39 is 0 Å². The number of halogens is 2. The van der Waals surface area contributed by atoms with Gasteiger partial charge in [-0.1, -0.05) is 6.07 Å². The predicted molar refractivity (Wildman–Crippen MR) is 66.6 cm³/mol. The molecule has 1 aliphatic rings. The molecule has 1 aromatic rings. The van der Waals surface area contributed by atoms with Crippen molar-refractivity contribution in [1.82, 2.24) is 0 Å². The lowest BCUT2D eigenvalue weighted by Crippen LogP contribution is -2.37. The first kappa shape index (κ1) is 11.7. The molecule has 0 radical (unpaired) electrons. The summed E-state index contributed by atoms with van der Waals surface area (Å²) in [5, 5.41) is 0. The highest BCUT2D eigenvalue weighted by Crippen LogP contribution is 2.27. The molecule has 2 rings (SSSR count). The molecule has 0 bridgehead atoms. The smallest absolute Gasteiger partial charge is 0.146 e. The fourth-order valence-electron chi connectivity index (χ4n) is 2.32. The van der Waals surface area contributed by atoms with E-state index in [-0.39, 0.29) is 5.82 Å². The van der Waals surface area contributed by atoms with Crippen molar-refractivity contribution in [3.05, 3.63) is 29.6 Å². The van der Waals surface area contributed by atoms with E-state index in [1.165, 1.54) is 6.42 Å². The third kappa shape index (κ3) is 2.32. The second-order valence-electron chi connectivity index (χ2n) is 4.46. The monoisotopic (exact) mass is 241 g/mol. The van der Waals surface area contributed by atoms with Gasteiger partial charge in [0, 0.05) is 18.5 Å². The van der Waals surface area contributed by atoms with Crippen LogP contribution in [0.5, 0.6) is 0 Å². The normalized spacial score (nSPS) is 21.2. The van der Waals surface area contributed by atoms with Gasteiger partial charge in [0.15, 0.2) is 0 Å². The van der Waals surface area contributed by atoms with Crippen molar-refractivity contribution in [3.8, 4) is 0 Å². The molecule has 1 heterocycles. The maximum absolute atomic E-state index is 13.9. The van der Waals surface area contributed by atoms with Crippen molar-refractivity contribution in [2.24, 2.45) is 0 Å². The number of benzene rings is 1. The average molecular weight is 242 g/mol. The van der Waals surface area contributed by atoms with Gasteiger partial charge in [0.1, 0.15) is 5.82 Å². The highest BCUT2D eigenvalue weighted by atomic mass is 35.5. The molecule has 1 aromatic carbocycles. The fraction of sp³-hybridized carbons (Fsp3) is 0.538. The Morgan fingerprint density at radius 1 is 1.44 bits per heavy atom. The number of hydrogen-bond acceptors (Lipinski definition) is 1. The van der Waals surface area contributed by atoms with Gasteiger partial charge in [0.25, 0.3) is 0 Å². The third-order valence-electron chi connectivity index (χ3n) is 3.28. The minimum atomic E-state index is -0.146. The highest BCUT2D eigenvalue weighted by molar-refractivity contribution is 6.17. The predicted octanol–water partition coefficient (Wildman–Crippen LogP) is 3.94. The van der Waals surface area contributed by atoms with Crippen molar-refractivity contribution in [1.29, 1.82) is 0 Å². The zero-order valence-corrected chi connectivity index (χ0v) is 10.3. The van der Waals surface area contributed by atoms with Gasteiger partial charge in [-0.05, 0) is 43.9 Å². The molecule has 1 saturated heterocycles. The summed E-state index contributed by atoms with van der Waals surface area (Å²) in [4.78, 5) is 2.16. The first-order chi connectivity index (χ1) is 7.72. The van der Waals surface area contributed by atoms with E-state index in [2.05, 4.69) is 11.8 Å². The molecule has 0 aliphatic carbocycles. The summed E-state index contributed by atoms with van der Waals surface area (Å²) in [6, 6.07) is 5.75. The fourth-order valence-corrected chi connectivity index (χ4v) is 2.49. The first-order valence-electron chi connectivity index (χ1n) is 5.83. The Morgan fingerprint density at radius 3 is 2.88 bits per heavy atom. The zero-order valence-electron chi connectivity index (χ0n) is 9.55. The Bertz CT molecular complexity index is 367. The van der Waals surface area contributed by atoms with Gasteiger partial charge in [0.2, 0.25) is 0 Å². The second kappa shape index (κ2) is 5.05. The summed E-state index contributed by atoms with van der Waals surface area (Å²) < 4.78 is 13.9. The van der Waals surface area contributed by atoms with E-state index in [0.29, 0.717) is 11.9 Å². The summed E-state index contributed by atoms with van der Waals surface area (Å²) in [5.41, 5.74) is 1.56. The van der Waals surface area contributed by atoms with Crippen LogP contribution < -0.4 is 4.90 Å². The quantitative estimate of drug-likeness (QED) is 0.709. The summed E-state index contributed by atoms with van der Waals surface area (Å²) >= 11 is 5.69. The molecular formula is C13H17ClFN. The van der Waals surface area contributed by atoms with Crippen LogP contribution in [-0.4, -0.2) is 12.6 Å². The van der Waals surface area contributed by atoms with Gasteiger partial charge in [0.05, 0.1) is 5.69 Å². The maximum Gasteiger partial charge on any atom is 0.146 e. The number of piperidine rings is 1. The van der Waals surface area contributed by atoms with E-state index >= 15 is 0 Å². The van der Waals surface area contributed by atoms with Gasteiger partial charge >= 0.3 is 0 Å². The lowest BCUT2D eigenvalue weighted by molar-refractivity contribution is 0.475. The van der Waals surface area contributed by atoms with Crippen molar-refractivity contribution in [3.63, 3.8) is 0 Å². The van der Waals surface area contributed by atoms with Crippen LogP contribution in [-0.2, 0) is 5.88 Å². The Morgan fingerprint density at radius 2 is 2.25 bits per heavy atom. The van der Waals surface area contributed by atoms with E-state index in [4.69, 9.17) is 11.6 Å². The minimum absolute atomic E-state index is 0.146. The molecule has 16 heavy (non-hydrogen) atoms. The first-order valence-corrected chi connectivity index (χ1v) is 6.37. The van der Waals surface area contributed by atoms with Crippen LogP contribution in [0.2, 0.25) is 0 Å². The molecule has 1 aliphatic heterocycles. The SMILES string of the molecule is CC1CCCCN1c1ccc(CCl)cc1F. The van der Waals surface area contributed by atoms with E-state index in [1.807, 2.05) is 12.1 Å². The number of rotatable bonds is 2. The zero-order chi connectivity index (χ0) is 11.5. The third-order valence-corrected chi connectivity index (χ3v) is 3.59. The van der Waals surface area contributed by atoms with Crippen LogP contribution >= 0.6 is 11.6 Å². The largest absolute Gasteiger partial charge is 0.366 e. The molecule has 1 unspecified atom stereocenters. The van der Waals surface area contributed by atoms with Crippen LogP contribution in [0.3, 0.4) is 0 Å². The molecular weight excluding hydrogens is 225 g/mol. The van der Waals surface area contributed by atoms with Gasteiger partial charge in [-0.25, -0.2) is 4.39 Å². The molecule has 0 amide bonds. The van der Waals surface area contributed by atoms with Crippen LogP contribution in [0.1, 0.15) is 31.7 Å². The lowest BCUT2D eigenvalue weighted by atomic mass is 10.0. The van der Waals surface area contributed by atoms with Gasteiger partial charge in [-0.3, -0.25) is 0 Å². The molecule has 0 N–H and O–H groups in total. The average Bonchev–Trinajstić information content (AvgIpc) is 2.30. The van der Waals surface area contributed by atoms with Gasteiger partial charge in [-0.15, -0.1) is 11.6 Å². The number of hydrogen-bond donors (Lipinski definition) is 0. The van der Waals surface area contributed by atoms with E-state index in [9.17, 15) is 4.39 Å². The Kier molecular flexibility index (Phi) is 3.70. The topological polar surface area (TPSA) is 3.24 Å². The molecule has 3 heteroatoms. The van der Waals surface area contributed by atoms with Crippen molar-refractivity contribution in [2.75, 3.05) is 11.4 Å². The lowest BCUT2D eigenvalue weighted by Gasteiger charge is -2.35. The minimum Gasteiger partial charge on any atom is -0.366 e. The molecule has 1 nitrogen and oxygen atoms in total. The van der Waals surface area contributed by atoms with Crippen LogP contribution in [0.4, 0.5) is 10.1 Å². The maximum atomic E-state index is 13.9. The van der Waals surface area contributed by atoms with E-state index in [0.717, 1.165) is 30.6 Å². The van der Waals surface area contributed by atoms with Crippen molar-refractivity contribution < 1.29 is 4.39 Å². The molecule has 0 spiro atoms. The number of nitrogens with zero attached hydrogens (tertiary/aromatic N) is 1. The van der Waals surface area contributed by atoms with Crippen molar-refractivity contribution in [2.45, 2.75) is 38.1 Å². The van der Waals surface area contributed by atoms with E-state index in [1.54, 1.807) is 6.07 Å². The van der Waals surface area contributed by atoms with Crippen LogP contribution in [0, 0.1) is 5.82 Å². The number of anilines is 1. The van der Waals surface area contributed by atoms with Crippen LogP contribution in [0.25, 0.3) is 0 Å². The number of alkyl halides is 1. The molecule has 0 saturated carbocycles. The van der Waals surface area contributed by atoms with Gasteiger partial charge in [-0.2, -0.15) is 0 Å². The Hall–Kier alpha value is -0.760. The molecule has 1 fully saturated rings. The summed E-state index contributed by atoms with van der Waals surface area (Å²) in [5.74, 6) is 0.221. The van der Waals surface area contributed by atoms with Crippen molar-refractivity contribution >= 4 is 17.3 Å². The standard InChI is InChI=1S/C13H17ClFN/c1-10-4-2-3-7-16(10)13-6-5-11(9-14)8-12(13)15/h5-6,8,10H,2-4,7,9H2,1H3. The second-order valence-corrected chi connectivity index (χ2v) is 4.72. The molecule has 0 aromatic heterocycles. The summed E-state index contributed by atoms with van der Waals surface area (Å²) in [6.45, 7) is 3.12. The van der Waals surface area contributed by atoms with Crippen LogP contribution in [0.15, 0.2) is 18.2 Å². The summed E-state index contributed by atoms with van der Waals surface area (Å²) in [7, 11) is 0. The Balaban J connectivity index is 2.25. The summed E-state index contributed by atoms with van der Waals surface area (Å²) in [6.07, 6.45) is 3.55. The van der Waals surface area contributed by atoms with Gasteiger partial charge < -0.3 is 4.90 Å². The molecule has 88 valence electrons. The highest BCUT2D eigenvalue weighted by Gasteiger charge is 2.20. The molecule has 1 atom stereocenters. The Labute approximate surface area is 101 Å².